The third-order valence-electron chi connectivity index (χ3n) is 1.64. The molecule has 0 aliphatic heterocycles. The molecule has 0 saturated heterocycles. The highest BCUT2D eigenvalue weighted by atomic mass is 19.4. The molecule has 0 amide bonds. The Morgan fingerprint density at radius 3 is 1.38 bits per heavy atom. The van der Waals surface area contributed by atoms with Crippen molar-refractivity contribution < 1.29 is 35.2 Å². The molecule has 0 bridgehead atoms. The lowest BCUT2D eigenvalue weighted by Crippen LogP contribution is -2.16. The van der Waals surface area contributed by atoms with Crippen molar-refractivity contribution in [1.29, 1.82) is 0 Å². The minimum Gasteiger partial charge on any atom is -0.218 e. The van der Waals surface area contributed by atoms with Gasteiger partial charge in [-0.1, -0.05) is 0 Å². The lowest BCUT2D eigenvalue weighted by Gasteiger charge is -2.12. The van der Waals surface area contributed by atoms with Gasteiger partial charge < -0.3 is 0 Å². The molecule has 16 heavy (non-hydrogen) atoms. The van der Waals surface area contributed by atoms with E-state index in [1.54, 1.807) is 0 Å². The van der Waals surface area contributed by atoms with E-state index in [2.05, 4.69) is 0 Å². The third kappa shape index (κ3) is 1.76. The molecule has 9 heteroatoms. The van der Waals surface area contributed by atoms with E-state index < -0.39 is 40.7 Å². The molecule has 0 unspecified atom stereocenters. The molecule has 0 spiro atoms. The van der Waals surface area contributed by atoms with E-state index in [9.17, 15) is 35.2 Å². The summed E-state index contributed by atoms with van der Waals surface area (Å²) < 4.78 is 98.3. The zero-order chi connectivity index (χ0) is 12.7. The normalized spacial score (nSPS) is 11.8. The Hall–Kier alpha value is -1.54. The van der Waals surface area contributed by atoms with Crippen LogP contribution in [0.4, 0.5) is 40.9 Å². The topological polar surface area (TPSA) is 12.0 Å². The maximum atomic E-state index is 12.7. The van der Waals surface area contributed by atoms with Crippen LogP contribution in [0.25, 0.3) is 0 Å². The maximum absolute atomic E-state index is 12.7. The predicted molar refractivity (Wildman–Crippen MR) is 36.0 cm³/mol. The zero-order valence-electron chi connectivity index (χ0n) is 7.02. The Balaban J connectivity index is 3.67. The van der Waals surface area contributed by atoms with E-state index in [1.165, 1.54) is 0 Å². The van der Waals surface area contributed by atoms with Crippen LogP contribution in [0.15, 0.2) is 0 Å². The number of hydrogen-bond donors (Lipinski definition) is 1. The zero-order valence-corrected chi connectivity index (χ0v) is 7.02. The summed E-state index contributed by atoms with van der Waals surface area (Å²) in [6.45, 7) is 0. The summed E-state index contributed by atoms with van der Waals surface area (Å²) in [6.07, 6.45) is -5.63. The fourth-order valence-corrected chi connectivity index (χ4v) is 0.964. The van der Waals surface area contributed by atoms with Crippen LogP contribution in [0.2, 0.25) is 0 Å². The highest BCUT2D eigenvalue weighted by Crippen LogP contribution is 2.38. The number of hydrogen-bond acceptors (Lipinski definition) is 1. The molecular formula is C7HF8N. The van der Waals surface area contributed by atoms with Gasteiger partial charge in [0.25, 0.3) is 0 Å². The van der Waals surface area contributed by atoms with E-state index in [0.29, 0.717) is 0 Å². The SMILES string of the molecule is FNc1c(F)c(F)c(C(F)(F)F)c(F)c1F. The lowest BCUT2D eigenvalue weighted by molar-refractivity contribution is -0.143. The van der Waals surface area contributed by atoms with Crippen molar-refractivity contribution in [2.45, 2.75) is 6.18 Å². The molecule has 0 aliphatic rings. The summed E-state index contributed by atoms with van der Waals surface area (Å²) in [5, 5.41) is 0. The van der Waals surface area contributed by atoms with Crippen molar-refractivity contribution in [2.75, 3.05) is 5.54 Å². The largest absolute Gasteiger partial charge is 0.422 e. The van der Waals surface area contributed by atoms with Crippen LogP contribution in [-0.2, 0) is 6.18 Å². The molecule has 0 fully saturated rings. The molecule has 1 aromatic rings. The maximum Gasteiger partial charge on any atom is 0.422 e. The van der Waals surface area contributed by atoms with Crippen molar-refractivity contribution in [3.8, 4) is 0 Å². The number of nitrogens with one attached hydrogen (secondary N) is 1. The Labute approximate surface area is 82.6 Å². The average molecular weight is 251 g/mol. The van der Waals surface area contributed by atoms with Crippen LogP contribution in [0.1, 0.15) is 5.56 Å². The summed E-state index contributed by atoms with van der Waals surface area (Å²) >= 11 is 0. The van der Waals surface area contributed by atoms with Gasteiger partial charge in [0.05, 0.1) is 0 Å². The van der Waals surface area contributed by atoms with Crippen molar-refractivity contribution in [3.63, 3.8) is 0 Å². The molecule has 0 heterocycles. The second kappa shape index (κ2) is 3.80. The van der Waals surface area contributed by atoms with Gasteiger partial charge in [-0.25, -0.2) is 23.1 Å². The smallest absolute Gasteiger partial charge is 0.218 e. The summed E-state index contributed by atoms with van der Waals surface area (Å²) in [5.74, 6) is -10.4. The first-order valence-corrected chi connectivity index (χ1v) is 3.51. The Kier molecular flexibility index (Phi) is 2.97. The van der Waals surface area contributed by atoms with E-state index in [0.717, 1.165) is 0 Å². The van der Waals surface area contributed by atoms with Crippen molar-refractivity contribution in [3.05, 3.63) is 28.8 Å². The minimum absolute atomic E-state index is 0.227. The van der Waals surface area contributed by atoms with Gasteiger partial charge >= 0.3 is 6.18 Å². The summed E-state index contributed by atoms with van der Waals surface area (Å²) in [4.78, 5) is 0. The van der Waals surface area contributed by atoms with Crippen molar-refractivity contribution in [2.24, 2.45) is 0 Å². The molecule has 1 nitrogen and oxygen atoms in total. The summed E-state index contributed by atoms with van der Waals surface area (Å²) in [5.41, 5.74) is -4.48. The van der Waals surface area contributed by atoms with Gasteiger partial charge in [-0.3, -0.25) is 0 Å². The molecule has 0 atom stereocenters. The first-order valence-electron chi connectivity index (χ1n) is 3.51. The molecule has 90 valence electrons. The number of rotatable bonds is 1. The van der Waals surface area contributed by atoms with Crippen LogP contribution < -0.4 is 5.54 Å². The molecule has 0 aliphatic carbocycles. The van der Waals surface area contributed by atoms with Crippen LogP contribution in [0, 0.1) is 23.3 Å². The van der Waals surface area contributed by atoms with Crippen molar-refractivity contribution in [1.82, 2.24) is 0 Å². The van der Waals surface area contributed by atoms with Gasteiger partial charge in [-0.05, 0) is 0 Å². The Morgan fingerprint density at radius 2 is 1.12 bits per heavy atom. The lowest BCUT2D eigenvalue weighted by atomic mass is 10.1. The van der Waals surface area contributed by atoms with E-state index in [1.807, 2.05) is 0 Å². The van der Waals surface area contributed by atoms with Gasteiger partial charge in [-0.15, -0.1) is 4.48 Å². The molecule has 1 N–H and O–H groups in total. The monoisotopic (exact) mass is 251 g/mol. The summed E-state index contributed by atoms with van der Waals surface area (Å²) in [7, 11) is 0. The van der Waals surface area contributed by atoms with Crippen molar-refractivity contribution >= 4 is 5.69 Å². The first kappa shape index (κ1) is 12.5. The second-order valence-corrected chi connectivity index (χ2v) is 2.60. The predicted octanol–water partition coefficient (Wildman–Crippen LogP) is 3.56. The van der Waals surface area contributed by atoms with Crippen LogP contribution in [0.3, 0.4) is 0 Å². The second-order valence-electron chi connectivity index (χ2n) is 2.60. The number of alkyl halides is 3. The standard InChI is InChI=1S/C7HF8N/c8-2-1(7(12,13)14)3(9)5(11)6(16-15)4(2)10/h16H. The molecule has 1 rings (SSSR count). The van der Waals surface area contributed by atoms with Crippen LogP contribution in [0.5, 0.6) is 0 Å². The van der Waals surface area contributed by atoms with Gasteiger partial charge in [-0.2, -0.15) is 13.2 Å². The van der Waals surface area contributed by atoms with Gasteiger partial charge in [0.1, 0.15) is 11.3 Å². The highest BCUT2D eigenvalue weighted by Gasteiger charge is 2.42. The Bertz CT molecular complexity index is 394. The van der Waals surface area contributed by atoms with E-state index in [-0.39, 0.29) is 5.54 Å². The average Bonchev–Trinajstić information content (AvgIpc) is 2.14. The Morgan fingerprint density at radius 1 is 0.750 bits per heavy atom. The molecule has 0 saturated carbocycles. The number of benzene rings is 1. The van der Waals surface area contributed by atoms with Gasteiger partial charge in [0, 0.05) is 0 Å². The molecule has 0 radical (unpaired) electrons. The fourth-order valence-electron chi connectivity index (χ4n) is 0.964. The van der Waals surface area contributed by atoms with Gasteiger partial charge in [0.2, 0.25) is 0 Å². The highest BCUT2D eigenvalue weighted by molar-refractivity contribution is 5.48. The molecule has 1 aromatic carbocycles. The van der Waals surface area contributed by atoms with Crippen LogP contribution in [-0.4, -0.2) is 0 Å². The van der Waals surface area contributed by atoms with Crippen LogP contribution >= 0.6 is 0 Å². The number of halogens is 8. The van der Waals surface area contributed by atoms with E-state index in [4.69, 9.17) is 0 Å². The quantitative estimate of drug-likeness (QED) is 0.457. The first-order chi connectivity index (χ1) is 7.21. The number of anilines is 1. The molecular weight excluding hydrogens is 250 g/mol. The van der Waals surface area contributed by atoms with E-state index >= 15 is 0 Å². The minimum atomic E-state index is -5.63. The summed E-state index contributed by atoms with van der Waals surface area (Å²) in [6, 6.07) is 0. The third-order valence-corrected chi connectivity index (χ3v) is 1.64. The molecule has 0 aromatic heterocycles. The fraction of sp³-hybridized carbons (Fsp3) is 0.143. The van der Waals surface area contributed by atoms with Gasteiger partial charge in [0.15, 0.2) is 23.3 Å².